The van der Waals surface area contributed by atoms with Gasteiger partial charge in [0.2, 0.25) is 5.91 Å². The van der Waals surface area contributed by atoms with Crippen LogP contribution >= 0.6 is 0 Å². The molecule has 0 bridgehead atoms. The molecule has 0 aliphatic heterocycles. The molecule has 2 rings (SSSR count). The SMILES string of the molecule is CCC(=O)Nc1ccc(NCc2c(C)nn(C)c2C)cc1. The molecule has 1 amide bonds. The van der Waals surface area contributed by atoms with Crippen LogP contribution in [0.1, 0.15) is 30.3 Å². The number of nitrogens with zero attached hydrogens (tertiary/aromatic N) is 2. The maximum absolute atomic E-state index is 11.3. The van der Waals surface area contributed by atoms with Gasteiger partial charge >= 0.3 is 0 Å². The lowest BCUT2D eigenvalue weighted by atomic mass is 10.2. The third kappa shape index (κ3) is 3.62. The monoisotopic (exact) mass is 286 g/mol. The lowest BCUT2D eigenvalue weighted by molar-refractivity contribution is -0.115. The van der Waals surface area contributed by atoms with Gasteiger partial charge in [-0.05, 0) is 38.1 Å². The molecule has 0 atom stereocenters. The normalized spacial score (nSPS) is 10.5. The summed E-state index contributed by atoms with van der Waals surface area (Å²) < 4.78 is 1.90. The fraction of sp³-hybridized carbons (Fsp3) is 0.375. The predicted molar refractivity (Wildman–Crippen MR) is 85.4 cm³/mol. The number of aromatic nitrogens is 2. The average Bonchev–Trinajstić information content (AvgIpc) is 2.71. The van der Waals surface area contributed by atoms with Crippen LogP contribution in [0.2, 0.25) is 0 Å². The first-order valence-corrected chi connectivity index (χ1v) is 7.14. The Bertz CT molecular complexity index is 628. The second kappa shape index (κ2) is 6.43. The van der Waals surface area contributed by atoms with E-state index in [1.165, 1.54) is 11.3 Å². The first-order valence-electron chi connectivity index (χ1n) is 7.14. The van der Waals surface area contributed by atoms with Crippen LogP contribution in [-0.4, -0.2) is 15.7 Å². The third-order valence-electron chi connectivity index (χ3n) is 3.62. The van der Waals surface area contributed by atoms with Crippen molar-refractivity contribution in [1.29, 1.82) is 0 Å². The third-order valence-corrected chi connectivity index (χ3v) is 3.62. The van der Waals surface area contributed by atoms with Crippen LogP contribution in [0.4, 0.5) is 11.4 Å². The largest absolute Gasteiger partial charge is 0.381 e. The van der Waals surface area contributed by atoms with E-state index in [4.69, 9.17) is 0 Å². The molecule has 0 spiro atoms. The topological polar surface area (TPSA) is 59.0 Å². The molecule has 0 unspecified atom stereocenters. The van der Waals surface area contributed by atoms with Crippen LogP contribution in [0.15, 0.2) is 24.3 Å². The highest BCUT2D eigenvalue weighted by molar-refractivity contribution is 5.90. The van der Waals surface area contributed by atoms with E-state index in [0.29, 0.717) is 6.42 Å². The molecule has 21 heavy (non-hydrogen) atoms. The molecule has 1 aromatic heterocycles. The fourth-order valence-electron chi connectivity index (χ4n) is 2.18. The number of aryl methyl sites for hydroxylation is 2. The van der Waals surface area contributed by atoms with Crippen molar-refractivity contribution in [3.8, 4) is 0 Å². The van der Waals surface area contributed by atoms with Crippen molar-refractivity contribution >= 4 is 17.3 Å². The van der Waals surface area contributed by atoms with Crippen LogP contribution in [0, 0.1) is 13.8 Å². The molecule has 5 heteroatoms. The maximum atomic E-state index is 11.3. The smallest absolute Gasteiger partial charge is 0.224 e. The van der Waals surface area contributed by atoms with Crippen LogP contribution in [-0.2, 0) is 18.4 Å². The maximum Gasteiger partial charge on any atom is 0.224 e. The van der Waals surface area contributed by atoms with Crippen molar-refractivity contribution in [2.75, 3.05) is 10.6 Å². The number of carbonyl (C=O) groups excluding carboxylic acids is 1. The van der Waals surface area contributed by atoms with E-state index in [9.17, 15) is 4.79 Å². The van der Waals surface area contributed by atoms with E-state index < -0.39 is 0 Å². The Hall–Kier alpha value is -2.30. The van der Waals surface area contributed by atoms with Gasteiger partial charge in [0, 0.05) is 42.6 Å². The molecule has 1 heterocycles. The highest BCUT2D eigenvalue weighted by Crippen LogP contribution is 2.17. The number of anilines is 2. The van der Waals surface area contributed by atoms with E-state index in [1.54, 1.807) is 0 Å². The first-order chi connectivity index (χ1) is 10.0. The van der Waals surface area contributed by atoms with Gasteiger partial charge < -0.3 is 10.6 Å². The van der Waals surface area contributed by atoms with Crippen LogP contribution in [0.5, 0.6) is 0 Å². The van der Waals surface area contributed by atoms with Crippen LogP contribution < -0.4 is 10.6 Å². The number of nitrogens with one attached hydrogen (secondary N) is 2. The van der Waals surface area contributed by atoms with E-state index in [2.05, 4.69) is 22.7 Å². The fourth-order valence-corrected chi connectivity index (χ4v) is 2.18. The number of carbonyl (C=O) groups is 1. The molecule has 2 aromatic rings. The van der Waals surface area contributed by atoms with Gasteiger partial charge in [-0.15, -0.1) is 0 Å². The zero-order chi connectivity index (χ0) is 15.4. The average molecular weight is 286 g/mol. The van der Waals surface area contributed by atoms with Gasteiger partial charge in [0.25, 0.3) is 0 Å². The lowest BCUT2D eigenvalue weighted by Crippen LogP contribution is -2.09. The standard InChI is InChI=1S/C16H22N4O/c1-5-16(21)18-14-8-6-13(7-9-14)17-10-15-11(2)19-20(4)12(15)3/h6-9,17H,5,10H2,1-4H3,(H,18,21). The van der Waals surface area contributed by atoms with Gasteiger partial charge in [-0.1, -0.05) is 6.92 Å². The number of rotatable bonds is 5. The van der Waals surface area contributed by atoms with Crippen molar-refractivity contribution in [1.82, 2.24) is 9.78 Å². The van der Waals surface area contributed by atoms with E-state index in [-0.39, 0.29) is 5.91 Å². The van der Waals surface area contributed by atoms with Crippen molar-refractivity contribution < 1.29 is 4.79 Å². The quantitative estimate of drug-likeness (QED) is 0.888. The van der Waals surface area contributed by atoms with Crippen molar-refractivity contribution in [3.63, 3.8) is 0 Å². The zero-order valence-corrected chi connectivity index (χ0v) is 13.0. The summed E-state index contributed by atoms with van der Waals surface area (Å²) in [6.07, 6.45) is 0.486. The van der Waals surface area contributed by atoms with E-state index >= 15 is 0 Å². The van der Waals surface area contributed by atoms with Gasteiger partial charge in [0.15, 0.2) is 0 Å². The second-order valence-corrected chi connectivity index (χ2v) is 5.11. The van der Waals surface area contributed by atoms with E-state index in [0.717, 1.165) is 23.6 Å². The van der Waals surface area contributed by atoms with Gasteiger partial charge in [-0.2, -0.15) is 5.10 Å². The summed E-state index contributed by atoms with van der Waals surface area (Å²) in [7, 11) is 1.96. The molecule has 0 aliphatic carbocycles. The minimum atomic E-state index is 0.0253. The summed E-state index contributed by atoms with van der Waals surface area (Å²) >= 11 is 0. The Morgan fingerprint density at radius 3 is 2.33 bits per heavy atom. The molecule has 0 fully saturated rings. The Labute approximate surface area is 125 Å². The summed E-state index contributed by atoms with van der Waals surface area (Å²) in [5, 5.41) is 10.6. The Morgan fingerprint density at radius 2 is 1.81 bits per heavy atom. The second-order valence-electron chi connectivity index (χ2n) is 5.11. The van der Waals surface area contributed by atoms with Crippen LogP contribution in [0.3, 0.4) is 0 Å². The number of benzene rings is 1. The highest BCUT2D eigenvalue weighted by Gasteiger charge is 2.08. The van der Waals surface area contributed by atoms with Crippen molar-refractivity contribution in [3.05, 3.63) is 41.2 Å². The van der Waals surface area contributed by atoms with Crippen molar-refractivity contribution in [2.24, 2.45) is 7.05 Å². The predicted octanol–water partition coefficient (Wildman–Crippen LogP) is 3.00. The summed E-state index contributed by atoms with van der Waals surface area (Å²) in [4.78, 5) is 11.3. The number of hydrogen-bond donors (Lipinski definition) is 2. The van der Waals surface area contributed by atoms with Gasteiger partial charge in [-0.3, -0.25) is 9.48 Å². The molecule has 5 nitrogen and oxygen atoms in total. The first kappa shape index (κ1) is 15.1. The van der Waals surface area contributed by atoms with Crippen molar-refractivity contribution in [2.45, 2.75) is 33.7 Å². The zero-order valence-electron chi connectivity index (χ0n) is 13.0. The molecule has 112 valence electrons. The summed E-state index contributed by atoms with van der Waals surface area (Å²) in [6, 6.07) is 7.73. The van der Waals surface area contributed by atoms with Gasteiger partial charge in [-0.25, -0.2) is 0 Å². The van der Waals surface area contributed by atoms with E-state index in [1.807, 2.05) is 49.8 Å². The minimum absolute atomic E-state index is 0.0253. The Kier molecular flexibility index (Phi) is 4.62. The molecular formula is C16H22N4O. The highest BCUT2D eigenvalue weighted by atomic mass is 16.1. The Balaban J connectivity index is 1.99. The molecule has 1 aromatic carbocycles. The number of hydrogen-bond acceptors (Lipinski definition) is 3. The summed E-state index contributed by atoms with van der Waals surface area (Å²) in [5.74, 6) is 0.0253. The lowest BCUT2D eigenvalue weighted by Gasteiger charge is -2.09. The van der Waals surface area contributed by atoms with Gasteiger partial charge in [0.05, 0.1) is 5.69 Å². The molecule has 0 aliphatic rings. The summed E-state index contributed by atoms with van der Waals surface area (Å²) in [6.45, 7) is 6.67. The Morgan fingerprint density at radius 1 is 1.19 bits per heavy atom. The summed E-state index contributed by atoms with van der Waals surface area (Å²) in [5.41, 5.74) is 5.29. The molecule has 0 saturated heterocycles. The molecule has 2 N–H and O–H groups in total. The van der Waals surface area contributed by atoms with Gasteiger partial charge in [0.1, 0.15) is 0 Å². The number of amides is 1. The van der Waals surface area contributed by atoms with Crippen LogP contribution in [0.25, 0.3) is 0 Å². The molecule has 0 saturated carbocycles. The molecule has 0 radical (unpaired) electrons. The minimum Gasteiger partial charge on any atom is -0.381 e. The molecular weight excluding hydrogens is 264 g/mol.